The molecule has 0 aliphatic rings. The van der Waals surface area contributed by atoms with Crippen molar-refractivity contribution in [3.63, 3.8) is 0 Å². The molecule has 2 aromatic heterocycles. The number of nitrogens with zero attached hydrogens (tertiary/aromatic N) is 4. The first kappa shape index (κ1) is 20.7. The van der Waals surface area contributed by atoms with Crippen LogP contribution >= 0.6 is 0 Å². The van der Waals surface area contributed by atoms with E-state index in [1.807, 2.05) is 65.2 Å². The van der Waals surface area contributed by atoms with Gasteiger partial charge < -0.3 is 9.30 Å². The highest BCUT2D eigenvalue weighted by atomic mass is 16.5. The van der Waals surface area contributed by atoms with Gasteiger partial charge in [-0.3, -0.25) is 13.9 Å². The maximum Gasteiger partial charge on any atom is 0.333 e. The molecular formula is C24H26N4O3. The third kappa shape index (κ3) is 4.45. The second-order valence-corrected chi connectivity index (χ2v) is 7.94. The molecule has 0 amide bonds. The van der Waals surface area contributed by atoms with Gasteiger partial charge in [-0.1, -0.05) is 62.4 Å². The van der Waals surface area contributed by atoms with E-state index >= 15 is 0 Å². The Morgan fingerprint density at radius 1 is 0.935 bits per heavy atom. The van der Waals surface area contributed by atoms with Crippen LogP contribution in [-0.2, 0) is 19.6 Å². The highest BCUT2D eigenvalue weighted by Crippen LogP contribution is 2.12. The lowest BCUT2D eigenvalue weighted by atomic mass is 10.2. The van der Waals surface area contributed by atoms with E-state index in [2.05, 4.69) is 18.8 Å². The number of aromatic nitrogens is 4. The summed E-state index contributed by atoms with van der Waals surface area (Å²) in [5.74, 6) is 1.03. The van der Waals surface area contributed by atoms with Gasteiger partial charge in [-0.25, -0.2) is 9.78 Å². The zero-order valence-electron chi connectivity index (χ0n) is 17.8. The normalized spacial score (nSPS) is 11.3. The van der Waals surface area contributed by atoms with Gasteiger partial charge in [0.05, 0.1) is 19.4 Å². The highest BCUT2D eigenvalue weighted by Gasteiger charge is 2.18. The van der Waals surface area contributed by atoms with Crippen LogP contribution in [-0.4, -0.2) is 25.3 Å². The molecule has 0 spiro atoms. The Balaban J connectivity index is 1.76. The number of hydrogen-bond donors (Lipinski definition) is 0. The maximum atomic E-state index is 13.3. The van der Waals surface area contributed by atoms with Crippen LogP contribution in [0.3, 0.4) is 0 Å². The maximum absolute atomic E-state index is 13.3. The Hall–Kier alpha value is -3.61. The van der Waals surface area contributed by atoms with E-state index < -0.39 is 0 Å². The Kier molecular flexibility index (Phi) is 6.02. The molecule has 160 valence electrons. The zero-order valence-corrected chi connectivity index (χ0v) is 17.8. The smallest absolute Gasteiger partial charge is 0.333 e. The van der Waals surface area contributed by atoms with Gasteiger partial charge in [0.15, 0.2) is 11.2 Å². The van der Waals surface area contributed by atoms with Crippen LogP contribution in [0.25, 0.3) is 11.2 Å². The van der Waals surface area contributed by atoms with Crippen LogP contribution in [0.1, 0.15) is 19.4 Å². The lowest BCUT2D eigenvalue weighted by Crippen LogP contribution is -2.42. The standard InChI is InChI=1S/C24H26N4O3/c1-18(2)15-26-17-25-22-21(26)23(29)27(13-14-31-20-11-7-4-8-12-20)24(30)28(22)16-19-9-5-3-6-10-19/h3-12,17-18H,13-16H2,1-2H3. The van der Waals surface area contributed by atoms with Crippen LogP contribution in [0.5, 0.6) is 5.75 Å². The fourth-order valence-electron chi connectivity index (χ4n) is 3.65. The van der Waals surface area contributed by atoms with Crippen molar-refractivity contribution in [3.05, 3.63) is 93.4 Å². The molecular weight excluding hydrogens is 392 g/mol. The van der Waals surface area contributed by atoms with Crippen molar-refractivity contribution in [2.75, 3.05) is 6.61 Å². The van der Waals surface area contributed by atoms with E-state index in [4.69, 9.17) is 4.74 Å². The Labute approximate surface area is 180 Å². The molecule has 0 unspecified atom stereocenters. The summed E-state index contributed by atoms with van der Waals surface area (Å²) < 4.78 is 10.4. The number of para-hydroxylation sites is 1. The van der Waals surface area contributed by atoms with Gasteiger partial charge in [0.2, 0.25) is 0 Å². The summed E-state index contributed by atoms with van der Waals surface area (Å²) in [6, 6.07) is 19.1. The summed E-state index contributed by atoms with van der Waals surface area (Å²) in [4.78, 5) is 31.0. The van der Waals surface area contributed by atoms with E-state index in [0.717, 1.165) is 5.56 Å². The van der Waals surface area contributed by atoms with E-state index in [-0.39, 0.29) is 24.4 Å². The first-order valence-corrected chi connectivity index (χ1v) is 10.4. The molecule has 0 aliphatic heterocycles. The highest BCUT2D eigenvalue weighted by molar-refractivity contribution is 5.70. The van der Waals surface area contributed by atoms with E-state index in [0.29, 0.717) is 35.9 Å². The third-order valence-corrected chi connectivity index (χ3v) is 5.06. The molecule has 7 nitrogen and oxygen atoms in total. The molecule has 0 atom stereocenters. The van der Waals surface area contributed by atoms with Gasteiger partial charge in [-0.05, 0) is 23.6 Å². The van der Waals surface area contributed by atoms with Crippen molar-refractivity contribution in [1.82, 2.24) is 18.7 Å². The van der Waals surface area contributed by atoms with Crippen molar-refractivity contribution in [3.8, 4) is 5.75 Å². The lowest BCUT2D eigenvalue weighted by molar-refractivity contribution is 0.292. The minimum Gasteiger partial charge on any atom is -0.492 e. The first-order valence-electron chi connectivity index (χ1n) is 10.4. The average Bonchev–Trinajstić information content (AvgIpc) is 3.18. The number of benzene rings is 2. The van der Waals surface area contributed by atoms with Crippen molar-refractivity contribution in [2.24, 2.45) is 5.92 Å². The Morgan fingerprint density at radius 2 is 1.61 bits per heavy atom. The van der Waals surface area contributed by atoms with Crippen molar-refractivity contribution in [1.29, 1.82) is 0 Å². The molecule has 2 heterocycles. The van der Waals surface area contributed by atoms with Gasteiger partial charge in [-0.15, -0.1) is 0 Å². The summed E-state index contributed by atoms with van der Waals surface area (Å²) in [5, 5.41) is 0. The van der Waals surface area contributed by atoms with Crippen molar-refractivity contribution >= 4 is 11.2 Å². The number of ether oxygens (including phenoxy) is 1. The quantitative estimate of drug-likeness (QED) is 0.441. The van der Waals surface area contributed by atoms with Crippen molar-refractivity contribution < 1.29 is 4.74 Å². The van der Waals surface area contributed by atoms with Gasteiger partial charge in [0.25, 0.3) is 5.56 Å². The molecule has 0 saturated carbocycles. The Bertz CT molecular complexity index is 1270. The summed E-state index contributed by atoms with van der Waals surface area (Å²) >= 11 is 0. The predicted molar refractivity (Wildman–Crippen MR) is 121 cm³/mol. The van der Waals surface area contributed by atoms with Crippen LogP contribution in [0.4, 0.5) is 0 Å². The molecule has 0 bridgehead atoms. The van der Waals surface area contributed by atoms with E-state index in [9.17, 15) is 9.59 Å². The van der Waals surface area contributed by atoms with Gasteiger partial charge in [0, 0.05) is 6.54 Å². The first-order chi connectivity index (χ1) is 15.0. The largest absolute Gasteiger partial charge is 0.492 e. The summed E-state index contributed by atoms with van der Waals surface area (Å²) in [5.41, 5.74) is 1.12. The lowest BCUT2D eigenvalue weighted by Gasteiger charge is -2.14. The van der Waals surface area contributed by atoms with Crippen LogP contribution in [0.2, 0.25) is 0 Å². The topological polar surface area (TPSA) is 71.1 Å². The molecule has 4 aromatic rings. The fraction of sp³-hybridized carbons (Fsp3) is 0.292. The van der Waals surface area contributed by atoms with Gasteiger partial charge in [-0.2, -0.15) is 0 Å². The summed E-state index contributed by atoms with van der Waals surface area (Å²) in [6.07, 6.45) is 1.65. The number of imidazole rings is 1. The summed E-state index contributed by atoms with van der Waals surface area (Å²) in [6.45, 7) is 5.53. The molecule has 31 heavy (non-hydrogen) atoms. The number of rotatable bonds is 8. The molecule has 0 saturated heterocycles. The minimum absolute atomic E-state index is 0.157. The molecule has 2 aromatic carbocycles. The SMILES string of the molecule is CC(C)Cn1cnc2c1c(=O)n(CCOc1ccccc1)c(=O)n2Cc1ccccc1. The van der Waals surface area contributed by atoms with Crippen LogP contribution in [0, 0.1) is 5.92 Å². The second kappa shape index (κ2) is 9.04. The van der Waals surface area contributed by atoms with E-state index in [1.54, 1.807) is 10.9 Å². The number of fused-ring (bicyclic) bond motifs is 1. The molecule has 0 radical (unpaired) electrons. The van der Waals surface area contributed by atoms with Crippen LogP contribution < -0.4 is 16.0 Å². The summed E-state index contributed by atoms with van der Waals surface area (Å²) in [7, 11) is 0. The molecule has 4 rings (SSSR count). The minimum atomic E-state index is -0.382. The van der Waals surface area contributed by atoms with Gasteiger partial charge >= 0.3 is 5.69 Å². The number of hydrogen-bond acceptors (Lipinski definition) is 4. The van der Waals surface area contributed by atoms with Crippen LogP contribution in [0.15, 0.2) is 76.6 Å². The predicted octanol–water partition coefficient (Wildman–Crippen LogP) is 3.14. The van der Waals surface area contributed by atoms with Gasteiger partial charge in [0.1, 0.15) is 12.4 Å². The molecule has 0 N–H and O–H groups in total. The van der Waals surface area contributed by atoms with Crippen molar-refractivity contribution in [2.45, 2.75) is 33.5 Å². The fourth-order valence-corrected chi connectivity index (χ4v) is 3.65. The second-order valence-electron chi connectivity index (χ2n) is 7.94. The monoisotopic (exact) mass is 418 g/mol. The molecule has 0 fully saturated rings. The average molecular weight is 418 g/mol. The zero-order chi connectivity index (χ0) is 21.8. The molecule has 0 aliphatic carbocycles. The third-order valence-electron chi connectivity index (χ3n) is 5.06. The molecule has 7 heteroatoms. The Morgan fingerprint density at radius 3 is 2.29 bits per heavy atom. The van der Waals surface area contributed by atoms with E-state index in [1.165, 1.54) is 4.57 Å².